The molecule has 0 aliphatic rings. The number of nitrogens with zero attached hydrogens (tertiary/aromatic N) is 1. The molecule has 3 N–H and O–H groups in total. The van der Waals surface area contributed by atoms with E-state index in [4.69, 9.17) is 22.4 Å². The van der Waals surface area contributed by atoms with Crippen molar-refractivity contribution < 1.29 is 9.90 Å². The molecule has 0 spiro atoms. The van der Waals surface area contributed by atoms with E-state index in [9.17, 15) is 4.79 Å². The van der Waals surface area contributed by atoms with Crippen molar-refractivity contribution in [3.63, 3.8) is 0 Å². The van der Waals surface area contributed by atoms with Gasteiger partial charge in [0, 0.05) is 6.20 Å². The van der Waals surface area contributed by atoms with Crippen LogP contribution < -0.4 is 5.73 Å². The van der Waals surface area contributed by atoms with Crippen LogP contribution in [0.15, 0.2) is 18.3 Å². The number of carboxylic acids is 1. The largest absolute Gasteiger partial charge is 0.481 e. The minimum atomic E-state index is -0.941. The van der Waals surface area contributed by atoms with Crippen LogP contribution in [0.25, 0.3) is 0 Å². The van der Waals surface area contributed by atoms with Crippen LogP contribution in [0.2, 0.25) is 5.02 Å². The molecular weight excluding hydrogens is 192 g/mol. The number of carboxylic acid groups (broad SMARTS) is 1. The van der Waals surface area contributed by atoms with E-state index < -0.39 is 12.0 Å². The average Bonchev–Trinajstić information content (AvgIpc) is 2.04. The highest BCUT2D eigenvalue weighted by atomic mass is 35.5. The fourth-order valence-electron chi connectivity index (χ4n) is 0.899. The number of hydrogen-bond acceptors (Lipinski definition) is 3. The zero-order chi connectivity index (χ0) is 9.84. The second kappa shape index (κ2) is 4.20. The molecule has 1 heterocycles. The lowest BCUT2D eigenvalue weighted by Crippen LogP contribution is -2.16. The number of aromatic nitrogens is 1. The molecule has 0 radical (unpaired) electrons. The van der Waals surface area contributed by atoms with Crippen molar-refractivity contribution in [2.24, 2.45) is 5.73 Å². The van der Waals surface area contributed by atoms with Gasteiger partial charge in [0.1, 0.15) is 0 Å². The lowest BCUT2D eigenvalue weighted by molar-refractivity contribution is -0.137. The second-order valence-corrected chi connectivity index (χ2v) is 3.04. The van der Waals surface area contributed by atoms with Crippen molar-refractivity contribution in [2.45, 2.75) is 12.5 Å². The average molecular weight is 201 g/mol. The number of halogens is 1. The summed E-state index contributed by atoms with van der Waals surface area (Å²) < 4.78 is 0. The van der Waals surface area contributed by atoms with Crippen LogP contribution in [0, 0.1) is 0 Å². The summed E-state index contributed by atoms with van der Waals surface area (Å²) in [5.41, 5.74) is 6.09. The fraction of sp³-hybridized carbons (Fsp3) is 0.250. The van der Waals surface area contributed by atoms with Gasteiger partial charge in [0.2, 0.25) is 0 Å². The summed E-state index contributed by atoms with van der Waals surface area (Å²) in [6.45, 7) is 0. The summed E-state index contributed by atoms with van der Waals surface area (Å²) in [5.74, 6) is -0.941. The van der Waals surface area contributed by atoms with Crippen LogP contribution >= 0.6 is 11.6 Å². The highest BCUT2D eigenvalue weighted by Crippen LogP contribution is 2.13. The third-order valence-electron chi connectivity index (χ3n) is 1.52. The van der Waals surface area contributed by atoms with Crippen LogP contribution in [-0.4, -0.2) is 16.1 Å². The number of carbonyl (C=O) groups is 1. The van der Waals surface area contributed by atoms with E-state index in [0.717, 1.165) is 0 Å². The summed E-state index contributed by atoms with van der Waals surface area (Å²) in [7, 11) is 0. The van der Waals surface area contributed by atoms with Crippen LogP contribution in [0.5, 0.6) is 0 Å². The zero-order valence-electron chi connectivity index (χ0n) is 6.77. The molecule has 0 aliphatic carbocycles. The summed E-state index contributed by atoms with van der Waals surface area (Å²) in [4.78, 5) is 14.2. The molecule has 70 valence electrons. The minimum Gasteiger partial charge on any atom is -0.481 e. The van der Waals surface area contributed by atoms with Crippen molar-refractivity contribution in [3.05, 3.63) is 29.0 Å². The maximum absolute atomic E-state index is 10.3. The highest BCUT2D eigenvalue weighted by Gasteiger charge is 2.11. The van der Waals surface area contributed by atoms with E-state index >= 15 is 0 Å². The summed E-state index contributed by atoms with van der Waals surface area (Å²) in [5, 5.41) is 8.97. The smallest absolute Gasteiger partial charge is 0.305 e. The highest BCUT2D eigenvalue weighted by molar-refractivity contribution is 6.30. The Balaban J connectivity index is 2.71. The van der Waals surface area contributed by atoms with Crippen LogP contribution in [-0.2, 0) is 4.79 Å². The molecule has 0 aromatic carbocycles. The molecule has 1 rings (SSSR count). The topological polar surface area (TPSA) is 76.2 Å². The Bertz CT molecular complexity index is 300. The molecule has 0 bridgehead atoms. The molecule has 5 heteroatoms. The number of rotatable bonds is 3. The van der Waals surface area contributed by atoms with Gasteiger partial charge in [0.25, 0.3) is 0 Å². The Morgan fingerprint density at radius 2 is 2.38 bits per heavy atom. The van der Waals surface area contributed by atoms with Gasteiger partial charge in [-0.15, -0.1) is 0 Å². The second-order valence-electron chi connectivity index (χ2n) is 2.61. The molecule has 1 aromatic rings. The molecule has 13 heavy (non-hydrogen) atoms. The fourth-order valence-corrected chi connectivity index (χ4v) is 1.01. The zero-order valence-corrected chi connectivity index (χ0v) is 7.53. The SMILES string of the molecule is N[C@@H](CC(=O)O)c1ccc(Cl)cn1. The molecule has 1 atom stereocenters. The van der Waals surface area contributed by atoms with Gasteiger partial charge in [-0.25, -0.2) is 0 Å². The van der Waals surface area contributed by atoms with Gasteiger partial charge in [-0.3, -0.25) is 9.78 Å². The van der Waals surface area contributed by atoms with E-state index in [1.165, 1.54) is 6.20 Å². The van der Waals surface area contributed by atoms with E-state index in [1.54, 1.807) is 12.1 Å². The van der Waals surface area contributed by atoms with Crippen molar-refractivity contribution in [2.75, 3.05) is 0 Å². The van der Waals surface area contributed by atoms with Crippen LogP contribution in [0.1, 0.15) is 18.2 Å². The molecule has 0 aliphatic heterocycles. The Morgan fingerprint density at radius 3 is 2.85 bits per heavy atom. The van der Waals surface area contributed by atoms with Crippen molar-refractivity contribution >= 4 is 17.6 Å². The van der Waals surface area contributed by atoms with Gasteiger partial charge in [-0.05, 0) is 12.1 Å². The Kier molecular flexibility index (Phi) is 3.22. The number of hydrogen-bond donors (Lipinski definition) is 2. The molecule has 0 fully saturated rings. The summed E-state index contributed by atoms with van der Waals surface area (Å²) in [6, 6.07) is 2.68. The number of nitrogens with two attached hydrogens (primary N) is 1. The molecule has 0 saturated heterocycles. The Hall–Kier alpha value is -1.13. The lowest BCUT2D eigenvalue weighted by atomic mass is 10.1. The molecule has 1 aromatic heterocycles. The summed E-state index contributed by atoms with van der Waals surface area (Å²) >= 11 is 5.60. The van der Waals surface area contributed by atoms with Gasteiger partial charge in [-0.2, -0.15) is 0 Å². The standard InChI is InChI=1S/C8H9ClN2O2/c9-5-1-2-7(11-4-5)6(10)3-8(12)13/h1-2,4,6H,3,10H2,(H,12,13)/t6-/m0/s1. The minimum absolute atomic E-state index is 0.130. The van der Waals surface area contributed by atoms with E-state index in [2.05, 4.69) is 4.98 Å². The maximum Gasteiger partial charge on any atom is 0.305 e. The molecule has 0 unspecified atom stereocenters. The predicted molar refractivity (Wildman–Crippen MR) is 48.4 cm³/mol. The first-order chi connectivity index (χ1) is 6.09. The lowest BCUT2D eigenvalue weighted by Gasteiger charge is -2.07. The van der Waals surface area contributed by atoms with Crippen LogP contribution in [0.3, 0.4) is 0 Å². The molecule has 4 nitrogen and oxygen atoms in total. The third-order valence-corrected chi connectivity index (χ3v) is 1.75. The van der Waals surface area contributed by atoms with E-state index in [-0.39, 0.29) is 6.42 Å². The van der Waals surface area contributed by atoms with Gasteiger partial charge < -0.3 is 10.8 Å². The van der Waals surface area contributed by atoms with Gasteiger partial charge in [-0.1, -0.05) is 11.6 Å². The first-order valence-corrected chi connectivity index (χ1v) is 4.06. The quantitative estimate of drug-likeness (QED) is 0.769. The Labute approximate surface area is 80.3 Å². The van der Waals surface area contributed by atoms with Gasteiger partial charge >= 0.3 is 5.97 Å². The monoisotopic (exact) mass is 200 g/mol. The number of aliphatic carboxylic acids is 1. The molecular formula is C8H9ClN2O2. The first-order valence-electron chi connectivity index (χ1n) is 3.68. The van der Waals surface area contributed by atoms with Crippen LogP contribution in [0.4, 0.5) is 0 Å². The predicted octanol–water partition coefficient (Wildman–Crippen LogP) is 1.21. The van der Waals surface area contributed by atoms with Crippen molar-refractivity contribution in [3.8, 4) is 0 Å². The normalized spacial score (nSPS) is 12.5. The van der Waals surface area contributed by atoms with Gasteiger partial charge in [0.05, 0.1) is 23.2 Å². The maximum atomic E-state index is 10.3. The van der Waals surface area contributed by atoms with E-state index in [0.29, 0.717) is 10.7 Å². The first kappa shape index (κ1) is 9.95. The summed E-state index contributed by atoms with van der Waals surface area (Å²) in [6.07, 6.45) is 1.31. The number of pyridine rings is 1. The Morgan fingerprint density at radius 1 is 1.69 bits per heavy atom. The third kappa shape index (κ3) is 3.01. The van der Waals surface area contributed by atoms with Gasteiger partial charge in [0.15, 0.2) is 0 Å². The molecule has 0 saturated carbocycles. The van der Waals surface area contributed by atoms with Crippen molar-refractivity contribution in [1.82, 2.24) is 4.98 Å². The molecule has 0 amide bonds. The van der Waals surface area contributed by atoms with Crippen molar-refractivity contribution in [1.29, 1.82) is 0 Å². The van der Waals surface area contributed by atoms with E-state index in [1.807, 2.05) is 0 Å².